The van der Waals surface area contributed by atoms with Crippen molar-refractivity contribution in [1.82, 2.24) is 25.8 Å². The summed E-state index contributed by atoms with van der Waals surface area (Å²) in [6, 6.07) is 6.13. The molecule has 2 unspecified atom stereocenters. The van der Waals surface area contributed by atoms with Gasteiger partial charge in [-0.3, -0.25) is 20.4 Å². The second-order valence-electron chi connectivity index (χ2n) is 4.29. The van der Waals surface area contributed by atoms with Gasteiger partial charge in [0.1, 0.15) is 0 Å². The molecule has 108 valence electrons. The minimum Gasteiger partial charge on any atom is -0.358 e. The topological polar surface area (TPSA) is 62.7 Å². The molecule has 1 fully saturated rings. The zero-order valence-electron chi connectivity index (χ0n) is 11.8. The van der Waals surface area contributed by atoms with E-state index in [0.717, 1.165) is 17.8 Å². The molecule has 3 heterocycles. The van der Waals surface area contributed by atoms with Crippen molar-refractivity contribution in [3.05, 3.63) is 68.2 Å². The van der Waals surface area contributed by atoms with Crippen molar-refractivity contribution in [2.24, 2.45) is 0 Å². The molecule has 0 saturated carbocycles. The standard InChI is InChI=1S/C13H14N5.CH3.U.W/c1-9-15-6-4-12(17-9)11-8-16-18-13(11)10-3-2-5-14-7-10;;;/h2-7,11,13,16,18H,1,8H2;1H3;;/q2*-1;;+2. The smallest absolute Gasteiger partial charge is 0.358 e. The first-order chi connectivity index (χ1) is 8.84. The van der Waals surface area contributed by atoms with Gasteiger partial charge in [0.05, 0.1) is 6.04 Å². The Kier molecular flexibility index (Phi) is 9.60. The first-order valence-electron chi connectivity index (χ1n) is 5.88. The zero-order valence-corrected chi connectivity index (χ0v) is 18.9. The SMILES string of the molecule is [CH2-]c1nccc(C2CNNC2c2cccnc2)n1.[CH3-].[U].[W+2]. The number of aromatic nitrogens is 3. The quantitative estimate of drug-likeness (QED) is 0.472. The summed E-state index contributed by atoms with van der Waals surface area (Å²) in [7, 11) is 0. The molecule has 1 aliphatic heterocycles. The van der Waals surface area contributed by atoms with Gasteiger partial charge < -0.3 is 14.4 Å². The van der Waals surface area contributed by atoms with E-state index in [2.05, 4.69) is 38.8 Å². The van der Waals surface area contributed by atoms with Gasteiger partial charge >= 0.3 is 21.1 Å². The molecule has 2 aromatic heterocycles. The number of pyridine rings is 1. The van der Waals surface area contributed by atoms with E-state index in [1.165, 1.54) is 0 Å². The Morgan fingerprint density at radius 1 is 1.24 bits per heavy atom. The Balaban J connectivity index is 0.00000133. The molecule has 21 heavy (non-hydrogen) atoms. The second kappa shape index (κ2) is 9.71. The van der Waals surface area contributed by atoms with Crippen molar-refractivity contribution < 1.29 is 52.2 Å². The van der Waals surface area contributed by atoms with E-state index in [9.17, 15) is 0 Å². The molecule has 0 bridgehead atoms. The van der Waals surface area contributed by atoms with E-state index < -0.39 is 0 Å². The van der Waals surface area contributed by atoms with Gasteiger partial charge in [0, 0.05) is 67.9 Å². The van der Waals surface area contributed by atoms with Crippen LogP contribution >= 0.6 is 0 Å². The molecule has 0 amide bonds. The Hall–Kier alpha value is -0.240. The third-order valence-electron chi connectivity index (χ3n) is 3.13. The largest absolute Gasteiger partial charge is 2.00 e. The number of nitrogens with one attached hydrogen (secondary N) is 2. The van der Waals surface area contributed by atoms with Crippen LogP contribution in [0.25, 0.3) is 0 Å². The fourth-order valence-corrected chi connectivity index (χ4v) is 2.27. The van der Waals surface area contributed by atoms with Crippen molar-refractivity contribution in [3.8, 4) is 0 Å². The maximum atomic E-state index is 4.41. The molecular formula is C14H17N5UW. The van der Waals surface area contributed by atoms with Gasteiger partial charge in [0.2, 0.25) is 0 Å². The average Bonchev–Trinajstić information content (AvgIpc) is 2.89. The van der Waals surface area contributed by atoms with Gasteiger partial charge in [-0.2, -0.15) is 0 Å². The first-order valence-corrected chi connectivity index (χ1v) is 5.88. The predicted octanol–water partition coefficient (Wildman–Crippen LogP) is 1.43. The van der Waals surface area contributed by atoms with E-state index in [1.54, 1.807) is 12.4 Å². The van der Waals surface area contributed by atoms with Crippen LogP contribution < -0.4 is 10.9 Å². The first kappa shape index (κ1) is 20.8. The Bertz CT molecular complexity index is 540. The molecule has 0 aromatic carbocycles. The summed E-state index contributed by atoms with van der Waals surface area (Å²) in [5, 5.41) is 0. The summed E-state index contributed by atoms with van der Waals surface area (Å²) in [5.41, 5.74) is 8.60. The molecule has 3 rings (SSSR count). The van der Waals surface area contributed by atoms with E-state index in [4.69, 9.17) is 0 Å². The van der Waals surface area contributed by atoms with E-state index in [0.29, 0.717) is 5.82 Å². The van der Waals surface area contributed by atoms with Crippen molar-refractivity contribution in [2.75, 3.05) is 6.54 Å². The van der Waals surface area contributed by atoms with Crippen LogP contribution in [-0.4, -0.2) is 21.5 Å². The molecule has 2 atom stereocenters. The van der Waals surface area contributed by atoms with Gasteiger partial charge in [-0.25, -0.2) is 5.43 Å². The van der Waals surface area contributed by atoms with Crippen molar-refractivity contribution in [1.29, 1.82) is 0 Å². The van der Waals surface area contributed by atoms with Crippen LogP contribution in [-0.2, 0) is 21.1 Å². The Morgan fingerprint density at radius 3 is 2.71 bits per heavy atom. The number of rotatable bonds is 2. The molecule has 1 saturated heterocycles. The third kappa shape index (κ3) is 4.87. The molecule has 7 heteroatoms. The summed E-state index contributed by atoms with van der Waals surface area (Å²) >= 11 is 0. The maximum absolute atomic E-state index is 4.41. The van der Waals surface area contributed by atoms with Gasteiger partial charge in [0.15, 0.2) is 0 Å². The summed E-state index contributed by atoms with van der Waals surface area (Å²) < 4.78 is 0. The minimum atomic E-state index is 0. The number of hydrogen-bond donors (Lipinski definition) is 2. The molecular weight excluding hydrogens is 660 g/mol. The fourth-order valence-electron chi connectivity index (χ4n) is 2.27. The number of hydrazine groups is 1. The van der Waals surface area contributed by atoms with Crippen LogP contribution in [0.2, 0.25) is 0 Å². The van der Waals surface area contributed by atoms with Gasteiger partial charge in [-0.15, -0.1) is 0 Å². The summed E-state index contributed by atoms with van der Waals surface area (Å²) in [4.78, 5) is 12.6. The fraction of sp³-hybridized carbons (Fsp3) is 0.214. The van der Waals surface area contributed by atoms with Gasteiger partial charge in [-0.1, -0.05) is 6.07 Å². The van der Waals surface area contributed by atoms with E-state index >= 15 is 0 Å². The van der Waals surface area contributed by atoms with Gasteiger partial charge in [-0.05, 0) is 23.5 Å². The van der Waals surface area contributed by atoms with Crippen molar-refractivity contribution in [3.63, 3.8) is 0 Å². The second-order valence-corrected chi connectivity index (χ2v) is 4.29. The number of nitrogens with zero attached hydrogens (tertiary/aromatic N) is 3. The van der Waals surface area contributed by atoms with E-state index in [-0.39, 0.29) is 71.6 Å². The summed E-state index contributed by atoms with van der Waals surface area (Å²) in [6.07, 6.45) is 5.41. The molecule has 0 radical (unpaired) electrons. The Labute approximate surface area is 163 Å². The normalized spacial score (nSPS) is 19.8. The maximum Gasteiger partial charge on any atom is 2.00 e. The molecule has 2 aromatic rings. The third-order valence-corrected chi connectivity index (χ3v) is 3.13. The molecule has 5 nitrogen and oxygen atoms in total. The van der Waals surface area contributed by atoms with Gasteiger partial charge in [0.25, 0.3) is 0 Å². The van der Waals surface area contributed by atoms with Crippen LogP contribution in [0.3, 0.4) is 0 Å². The van der Waals surface area contributed by atoms with Crippen LogP contribution in [0.1, 0.15) is 29.0 Å². The molecule has 2 N–H and O–H groups in total. The Morgan fingerprint density at radius 2 is 2.05 bits per heavy atom. The monoisotopic (exact) mass is 677 g/mol. The summed E-state index contributed by atoms with van der Waals surface area (Å²) in [5.74, 6) is 0.821. The number of hydrogen-bond acceptors (Lipinski definition) is 5. The minimum absolute atomic E-state index is 0. The van der Waals surface area contributed by atoms with Crippen LogP contribution in [0, 0.1) is 45.5 Å². The summed E-state index contributed by atoms with van der Waals surface area (Å²) in [6.45, 7) is 4.60. The van der Waals surface area contributed by atoms with Crippen molar-refractivity contribution >= 4 is 0 Å². The van der Waals surface area contributed by atoms with Crippen LogP contribution in [0.5, 0.6) is 0 Å². The van der Waals surface area contributed by atoms with E-state index in [1.807, 2.05) is 18.3 Å². The molecule has 0 spiro atoms. The average molecular weight is 677 g/mol. The zero-order chi connectivity index (χ0) is 12.4. The van der Waals surface area contributed by atoms with Crippen LogP contribution in [0.4, 0.5) is 0 Å². The van der Waals surface area contributed by atoms with Crippen molar-refractivity contribution in [2.45, 2.75) is 12.0 Å². The van der Waals surface area contributed by atoms with Crippen LogP contribution in [0.15, 0.2) is 36.8 Å². The molecule has 1 aliphatic rings. The molecule has 0 aliphatic carbocycles. The predicted molar refractivity (Wildman–Crippen MR) is 73.8 cm³/mol.